The van der Waals surface area contributed by atoms with E-state index in [1.54, 1.807) is 0 Å². The van der Waals surface area contributed by atoms with Crippen molar-refractivity contribution < 1.29 is 24.1 Å². The second-order valence-electron chi connectivity index (χ2n) is 5.01. The SMILES string of the molecule is C[C@H]1[C@@H]2O[C@@H]3OC[C@@]1(O)[C@@H]1[C@@H]2OC(=O)[C@H]31. The molecule has 4 rings (SSSR count). The van der Waals surface area contributed by atoms with Crippen molar-refractivity contribution in [2.75, 3.05) is 6.61 Å². The number of aliphatic hydroxyl groups is 1. The molecule has 15 heavy (non-hydrogen) atoms. The molecule has 7 atom stereocenters. The summed E-state index contributed by atoms with van der Waals surface area (Å²) < 4.78 is 16.4. The Labute approximate surface area is 86.3 Å². The van der Waals surface area contributed by atoms with Gasteiger partial charge >= 0.3 is 5.97 Å². The van der Waals surface area contributed by atoms with Crippen LogP contribution in [0.4, 0.5) is 0 Å². The molecule has 0 spiro atoms. The molecule has 5 heteroatoms. The zero-order chi connectivity index (χ0) is 10.4. The highest BCUT2D eigenvalue weighted by atomic mass is 16.7. The number of hydrogen-bond acceptors (Lipinski definition) is 5. The number of rotatable bonds is 0. The first kappa shape index (κ1) is 8.50. The van der Waals surface area contributed by atoms with Crippen LogP contribution in [-0.4, -0.2) is 41.8 Å². The van der Waals surface area contributed by atoms with E-state index >= 15 is 0 Å². The molecule has 0 aromatic carbocycles. The van der Waals surface area contributed by atoms with Gasteiger partial charge in [0, 0.05) is 11.8 Å². The van der Waals surface area contributed by atoms with Crippen molar-refractivity contribution in [1.29, 1.82) is 0 Å². The first-order valence-electron chi connectivity index (χ1n) is 5.33. The summed E-state index contributed by atoms with van der Waals surface area (Å²) in [5.74, 6) is -0.856. The van der Waals surface area contributed by atoms with Crippen LogP contribution in [0.2, 0.25) is 0 Å². The van der Waals surface area contributed by atoms with E-state index in [1.807, 2.05) is 6.92 Å². The molecule has 1 aliphatic carbocycles. The molecule has 0 unspecified atom stereocenters. The van der Waals surface area contributed by atoms with Crippen LogP contribution in [0.1, 0.15) is 6.92 Å². The molecule has 0 aromatic heterocycles. The van der Waals surface area contributed by atoms with Crippen LogP contribution in [0.3, 0.4) is 0 Å². The van der Waals surface area contributed by atoms with E-state index in [-0.39, 0.29) is 36.6 Å². The zero-order valence-corrected chi connectivity index (χ0v) is 8.25. The minimum Gasteiger partial charge on any atom is -0.459 e. The lowest BCUT2D eigenvalue weighted by Gasteiger charge is -2.40. The van der Waals surface area contributed by atoms with Crippen molar-refractivity contribution in [1.82, 2.24) is 0 Å². The van der Waals surface area contributed by atoms with Crippen LogP contribution in [0.5, 0.6) is 0 Å². The molecule has 0 amide bonds. The van der Waals surface area contributed by atoms with Crippen LogP contribution < -0.4 is 0 Å². The topological polar surface area (TPSA) is 65.0 Å². The lowest BCUT2D eigenvalue weighted by molar-refractivity contribution is -0.260. The number of hydrogen-bond donors (Lipinski definition) is 1. The Hall–Kier alpha value is -0.650. The number of carbonyl (C=O) groups excluding carboxylic acids is 1. The van der Waals surface area contributed by atoms with Crippen molar-refractivity contribution in [2.45, 2.75) is 31.0 Å². The maximum absolute atomic E-state index is 11.6. The Balaban J connectivity index is 1.92. The van der Waals surface area contributed by atoms with Crippen molar-refractivity contribution in [3.8, 4) is 0 Å². The predicted octanol–water partition coefficient (Wildman–Crippen LogP) is -0.720. The fourth-order valence-electron chi connectivity index (χ4n) is 3.68. The summed E-state index contributed by atoms with van der Waals surface area (Å²) in [6, 6.07) is 0. The lowest BCUT2D eigenvalue weighted by atomic mass is 9.76. The van der Waals surface area contributed by atoms with Gasteiger partial charge in [-0.3, -0.25) is 4.79 Å². The highest BCUT2D eigenvalue weighted by Gasteiger charge is 2.75. The smallest absolute Gasteiger partial charge is 0.315 e. The van der Waals surface area contributed by atoms with Crippen LogP contribution in [-0.2, 0) is 19.0 Å². The van der Waals surface area contributed by atoms with Gasteiger partial charge in [0.25, 0.3) is 0 Å². The molecular formula is C10H12O5. The Morgan fingerprint density at radius 1 is 1.47 bits per heavy atom. The average Bonchev–Trinajstić information content (AvgIpc) is 2.50. The molecule has 4 fully saturated rings. The van der Waals surface area contributed by atoms with Crippen molar-refractivity contribution in [3.05, 3.63) is 0 Å². The quantitative estimate of drug-likeness (QED) is 0.537. The van der Waals surface area contributed by atoms with Gasteiger partial charge < -0.3 is 19.3 Å². The fourth-order valence-corrected chi connectivity index (χ4v) is 3.68. The molecule has 0 radical (unpaired) electrons. The Morgan fingerprint density at radius 2 is 2.27 bits per heavy atom. The molecule has 0 aromatic rings. The van der Waals surface area contributed by atoms with Gasteiger partial charge in [-0.05, 0) is 0 Å². The third-order valence-corrected chi connectivity index (χ3v) is 4.51. The maximum atomic E-state index is 11.6. The van der Waals surface area contributed by atoms with E-state index in [0.717, 1.165) is 0 Å². The summed E-state index contributed by atoms with van der Waals surface area (Å²) in [7, 11) is 0. The van der Waals surface area contributed by atoms with Crippen LogP contribution in [0, 0.1) is 17.8 Å². The average molecular weight is 212 g/mol. The van der Waals surface area contributed by atoms with Gasteiger partial charge in [-0.15, -0.1) is 0 Å². The Kier molecular flexibility index (Phi) is 1.25. The minimum atomic E-state index is -0.945. The summed E-state index contributed by atoms with van der Waals surface area (Å²) in [5, 5.41) is 10.5. The molecule has 3 heterocycles. The van der Waals surface area contributed by atoms with Gasteiger partial charge in [0.2, 0.25) is 0 Å². The normalized spacial score (nSPS) is 64.8. The molecule has 1 N–H and O–H groups in total. The van der Waals surface area contributed by atoms with E-state index < -0.39 is 17.8 Å². The molecule has 1 saturated carbocycles. The first-order chi connectivity index (χ1) is 7.13. The largest absolute Gasteiger partial charge is 0.459 e. The van der Waals surface area contributed by atoms with Gasteiger partial charge in [-0.1, -0.05) is 6.92 Å². The molecule has 5 bridgehead atoms. The third-order valence-electron chi connectivity index (χ3n) is 4.51. The van der Waals surface area contributed by atoms with E-state index in [4.69, 9.17) is 14.2 Å². The second-order valence-corrected chi connectivity index (χ2v) is 5.01. The first-order valence-corrected chi connectivity index (χ1v) is 5.33. The van der Waals surface area contributed by atoms with Gasteiger partial charge in [-0.2, -0.15) is 0 Å². The summed E-state index contributed by atoms with van der Waals surface area (Å²) in [4.78, 5) is 11.6. The fraction of sp³-hybridized carbons (Fsp3) is 0.900. The molecule has 3 saturated heterocycles. The molecular weight excluding hydrogens is 200 g/mol. The standard InChI is InChI=1S/C10H12O5/c1-3-6-7-5-4(8(11)14-7)9(15-6)13-2-10(3,5)12/h3-7,9,12H,2H2,1H3/t3-,4+,5-,6-,7-,9-,10-/m0/s1. The molecule has 4 aliphatic rings. The zero-order valence-electron chi connectivity index (χ0n) is 8.25. The monoisotopic (exact) mass is 212 g/mol. The van der Waals surface area contributed by atoms with Gasteiger partial charge in [0.1, 0.15) is 23.7 Å². The second kappa shape index (κ2) is 2.21. The highest BCUT2D eigenvalue weighted by molar-refractivity contribution is 5.77. The molecule has 82 valence electrons. The molecule has 5 nitrogen and oxygen atoms in total. The minimum absolute atomic E-state index is 0.0319. The van der Waals surface area contributed by atoms with Crippen LogP contribution in [0.25, 0.3) is 0 Å². The van der Waals surface area contributed by atoms with Crippen molar-refractivity contribution >= 4 is 5.97 Å². The van der Waals surface area contributed by atoms with E-state index in [0.29, 0.717) is 0 Å². The Bertz CT molecular complexity index is 356. The summed E-state index contributed by atoms with van der Waals surface area (Å²) >= 11 is 0. The van der Waals surface area contributed by atoms with Crippen molar-refractivity contribution in [2.24, 2.45) is 17.8 Å². The number of carbonyl (C=O) groups is 1. The molecule has 3 aliphatic heterocycles. The van der Waals surface area contributed by atoms with E-state index in [2.05, 4.69) is 0 Å². The number of esters is 1. The summed E-state index contributed by atoms with van der Waals surface area (Å²) in [6.07, 6.45) is -0.964. The predicted molar refractivity (Wildman–Crippen MR) is 45.6 cm³/mol. The van der Waals surface area contributed by atoms with Gasteiger partial charge in [0.15, 0.2) is 6.29 Å². The van der Waals surface area contributed by atoms with E-state index in [1.165, 1.54) is 0 Å². The maximum Gasteiger partial charge on any atom is 0.315 e. The number of ether oxygens (including phenoxy) is 3. The highest BCUT2D eigenvalue weighted by Crippen LogP contribution is 2.59. The summed E-state index contributed by atoms with van der Waals surface area (Å²) in [5.41, 5.74) is -0.945. The van der Waals surface area contributed by atoms with Gasteiger partial charge in [0.05, 0.1) is 6.61 Å². The van der Waals surface area contributed by atoms with E-state index in [9.17, 15) is 9.90 Å². The lowest BCUT2D eigenvalue weighted by Crippen LogP contribution is -2.55. The van der Waals surface area contributed by atoms with Crippen molar-refractivity contribution in [3.63, 3.8) is 0 Å². The van der Waals surface area contributed by atoms with Crippen LogP contribution in [0.15, 0.2) is 0 Å². The van der Waals surface area contributed by atoms with Gasteiger partial charge in [-0.25, -0.2) is 0 Å². The Morgan fingerprint density at radius 3 is 3.07 bits per heavy atom. The van der Waals surface area contributed by atoms with Crippen LogP contribution >= 0.6 is 0 Å². The summed E-state index contributed by atoms with van der Waals surface area (Å²) in [6.45, 7) is 2.19. The third kappa shape index (κ3) is 0.706.